The van der Waals surface area contributed by atoms with Crippen LogP contribution in [0.2, 0.25) is 0 Å². The van der Waals surface area contributed by atoms with Crippen molar-refractivity contribution in [2.24, 2.45) is 7.05 Å². The fraction of sp³-hybridized carbons (Fsp3) is 0.250. The largest absolute Gasteiger partial charge is 0.434 e. The predicted octanol–water partition coefficient (Wildman–Crippen LogP) is 3.02. The summed E-state index contributed by atoms with van der Waals surface area (Å²) in [4.78, 5) is 15.1. The fourth-order valence-corrected chi connectivity index (χ4v) is 1.71. The maximum Gasteiger partial charge on any atom is 0.434 e. The number of pyridine rings is 1. The van der Waals surface area contributed by atoms with Gasteiger partial charge in [0, 0.05) is 19.3 Å². The molecular weight excluding hydrogens is 311 g/mol. The molecule has 0 aromatic carbocycles. The van der Waals surface area contributed by atoms with Crippen molar-refractivity contribution in [3.63, 3.8) is 0 Å². The van der Waals surface area contributed by atoms with E-state index in [-0.39, 0.29) is 5.82 Å². The zero-order chi connectivity index (χ0) is 16.5. The first-order valence-corrected chi connectivity index (χ1v) is 5.86. The summed E-state index contributed by atoms with van der Waals surface area (Å²) in [6.45, 7) is 0. The van der Waals surface area contributed by atoms with Gasteiger partial charge < -0.3 is 5.32 Å². The molecule has 0 aliphatic carbocycles. The molecule has 10 heteroatoms. The van der Waals surface area contributed by atoms with Gasteiger partial charge in [-0.3, -0.25) is 14.5 Å². The summed E-state index contributed by atoms with van der Waals surface area (Å²) in [7, 11) is 1.27. The van der Waals surface area contributed by atoms with E-state index < -0.39 is 35.5 Å². The predicted molar refractivity (Wildman–Crippen MR) is 65.4 cm³/mol. The maximum absolute atomic E-state index is 12.8. The Morgan fingerprint density at radius 3 is 2.59 bits per heavy atom. The highest BCUT2D eigenvalue weighted by molar-refractivity contribution is 6.04. The molecule has 0 saturated heterocycles. The van der Waals surface area contributed by atoms with Crippen LogP contribution in [0.5, 0.6) is 0 Å². The van der Waals surface area contributed by atoms with Gasteiger partial charge >= 0.3 is 6.18 Å². The molecule has 118 valence electrons. The van der Waals surface area contributed by atoms with Gasteiger partial charge in [-0.25, -0.2) is 8.78 Å². The van der Waals surface area contributed by atoms with Crippen molar-refractivity contribution < 1.29 is 26.7 Å². The highest BCUT2D eigenvalue weighted by Gasteiger charge is 2.37. The topological polar surface area (TPSA) is 59.8 Å². The van der Waals surface area contributed by atoms with Crippen LogP contribution >= 0.6 is 0 Å². The number of carbonyl (C=O) groups is 1. The Balaban J connectivity index is 2.31. The van der Waals surface area contributed by atoms with Crippen LogP contribution in [0.1, 0.15) is 28.2 Å². The molecule has 0 unspecified atom stereocenters. The average molecular weight is 320 g/mol. The number of hydrogen-bond acceptors (Lipinski definition) is 3. The number of nitrogens with zero attached hydrogens (tertiary/aromatic N) is 3. The van der Waals surface area contributed by atoms with Crippen LogP contribution in [-0.4, -0.2) is 20.7 Å². The number of alkyl halides is 5. The number of rotatable bonds is 3. The zero-order valence-corrected chi connectivity index (χ0v) is 11.0. The molecule has 0 aliphatic rings. The summed E-state index contributed by atoms with van der Waals surface area (Å²) >= 11 is 0. The smallest absolute Gasteiger partial charge is 0.307 e. The van der Waals surface area contributed by atoms with E-state index >= 15 is 0 Å². The summed E-state index contributed by atoms with van der Waals surface area (Å²) in [6.07, 6.45) is -6.77. The Hall–Kier alpha value is -2.52. The lowest BCUT2D eigenvalue weighted by atomic mass is 10.1. The number of aromatic nitrogens is 3. The zero-order valence-electron chi connectivity index (χ0n) is 11.0. The number of nitrogens with one attached hydrogen (secondary N) is 1. The molecule has 22 heavy (non-hydrogen) atoms. The molecule has 0 saturated carbocycles. The third-order valence-corrected chi connectivity index (χ3v) is 2.68. The highest BCUT2D eigenvalue weighted by Crippen LogP contribution is 2.30. The molecule has 2 rings (SSSR count). The average Bonchev–Trinajstić information content (AvgIpc) is 2.79. The highest BCUT2D eigenvalue weighted by atomic mass is 19.4. The number of aryl methyl sites for hydroxylation is 1. The molecule has 0 bridgehead atoms. The summed E-state index contributed by atoms with van der Waals surface area (Å²) in [5.41, 5.74) is -2.67. The minimum atomic E-state index is -4.81. The van der Waals surface area contributed by atoms with Gasteiger partial charge in [0.25, 0.3) is 12.3 Å². The van der Waals surface area contributed by atoms with Crippen LogP contribution in [0, 0.1) is 0 Å². The number of anilines is 1. The minimum absolute atomic E-state index is 0.155. The summed E-state index contributed by atoms with van der Waals surface area (Å²) in [6, 6.07) is 2.99. The lowest BCUT2D eigenvalue weighted by Crippen LogP contribution is -2.21. The maximum atomic E-state index is 12.8. The third-order valence-electron chi connectivity index (χ3n) is 2.68. The number of hydrogen-bond donors (Lipinski definition) is 1. The van der Waals surface area contributed by atoms with Crippen LogP contribution in [-0.2, 0) is 13.2 Å². The van der Waals surface area contributed by atoms with E-state index in [1.165, 1.54) is 7.05 Å². The van der Waals surface area contributed by atoms with Gasteiger partial charge in [-0.15, -0.1) is 0 Å². The van der Waals surface area contributed by atoms with Gasteiger partial charge in [0.05, 0.1) is 5.56 Å². The summed E-state index contributed by atoms with van der Waals surface area (Å²) in [5.74, 6) is -1.28. The molecule has 1 N–H and O–H groups in total. The molecule has 0 aliphatic heterocycles. The first-order chi connectivity index (χ1) is 10.2. The van der Waals surface area contributed by atoms with Crippen molar-refractivity contribution in [1.29, 1.82) is 0 Å². The molecule has 0 atom stereocenters. The SMILES string of the molecule is Cn1nc(C(F)F)cc1NC(=O)c1cccnc1C(F)(F)F. The van der Waals surface area contributed by atoms with Crippen LogP contribution in [0.4, 0.5) is 27.8 Å². The van der Waals surface area contributed by atoms with E-state index in [0.29, 0.717) is 0 Å². The van der Waals surface area contributed by atoms with E-state index in [4.69, 9.17) is 0 Å². The molecular formula is C12H9F5N4O. The van der Waals surface area contributed by atoms with Gasteiger partial charge in [-0.05, 0) is 12.1 Å². The lowest BCUT2D eigenvalue weighted by Gasteiger charge is -2.11. The Morgan fingerprint density at radius 2 is 2.05 bits per heavy atom. The van der Waals surface area contributed by atoms with Crippen molar-refractivity contribution in [2.45, 2.75) is 12.6 Å². The van der Waals surface area contributed by atoms with E-state index in [0.717, 1.165) is 29.1 Å². The monoisotopic (exact) mass is 320 g/mol. The second-order valence-corrected chi connectivity index (χ2v) is 4.23. The minimum Gasteiger partial charge on any atom is -0.307 e. The quantitative estimate of drug-likeness (QED) is 0.884. The number of halogens is 5. The Bertz CT molecular complexity index is 695. The number of carbonyl (C=O) groups excluding carboxylic acids is 1. The van der Waals surface area contributed by atoms with Gasteiger partial charge in [0.2, 0.25) is 0 Å². The van der Waals surface area contributed by atoms with Crippen LogP contribution < -0.4 is 5.32 Å². The van der Waals surface area contributed by atoms with E-state index in [1.807, 2.05) is 0 Å². The second kappa shape index (κ2) is 5.70. The molecule has 0 spiro atoms. The van der Waals surface area contributed by atoms with Crippen LogP contribution in [0.25, 0.3) is 0 Å². The molecule has 2 aromatic rings. The van der Waals surface area contributed by atoms with Crippen molar-refractivity contribution >= 4 is 11.7 Å². The first kappa shape index (κ1) is 15.9. The molecule has 2 aromatic heterocycles. The van der Waals surface area contributed by atoms with E-state index in [1.54, 1.807) is 0 Å². The van der Waals surface area contributed by atoms with Crippen molar-refractivity contribution in [3.05, 3.63) is 41.3 Å². The van der Waals surface area contributed by atoms with Gasteiger partial charge in [0.15, 0.2) is 5.69 Å². The van der Waals surface area contributed by atoms with Crippen molar-refractivity contribution in [1.82, 2.24) is 14.8 Å². The Morgan fingerprint density at radius 1 is 1.36 bits per heavy atom. The second-order valence-electron chi connectivity index (χ2n) is 4.23. The number of amides is 1. The first-order valence-electron chi connectivity index (χ1n) is 5.86. The van der Waals surface area contributed by atoms with Gasteiger partial charge in [-0.1, -0.05) is 0 Å². The van der Waals surface area contributed by atoms with Crippen molar-refractivity contribution in [3.8, 4) is 0 Å². The van der Waals surface area contributed by atoms with Crippen LogP contribution in [0.15, 0.2) is 24.4 Å². The molecule has 5 nitrogen and oxygen atoms in total. The normalized spacial score (nSPS) is 11.8. The third kappa shape index (κ3) is 3.21. The lowest BCUT2D eigenvalue weighted by molar-refractivity contribution is -0.141. The summed E-state index contributed by atoms with van der Waals surface area (Å²) < 4.78 is 64.3. The van der Waals surface area contributed by atoms with Gasteiger partial charge in [-0.2, -0.15) is 18.3 Å². The standard InChI is InChI=1S/C12H9F5N4O/c1-21-8(5-7(20-21)10(13)14)19-11(22)6-3-2-4-18-9(6)12(15,16)17/h2-5,10H,1H3,(H,19,22). The van der Waals surface area contributed by atoms with Crippen LogP contribution in [0.3, 0.4) is 0 Å². The fourth-order valence-electron chi connectivity index (χ4n) is 1.71. The molecule has 2 heterocycles. The summed E-state index contributed by atoms with van der Waals surface area (Å²) in [5, 5.41) is 5.54. The van der Waals surface area contributed by atoms with E-state index in [2.05, 4.69) is 15.4 Å². The Kier molecular flexibility index (Phi) is 4.11. The van der Waals surface area contributed by atoms with Crippen molar-refractivity contribution in [2.75, 3.05) is 5.32 Å². The molecule has 1 amide bonds. The van der Waals surface area contributed by atoms with E-state index in [9.17, 15) is 26.7 Å². The molecule has 0 fully saturated rings. The van der Waals surface area contributed by atoms with Gasteiger partial charge in [0.1, 0.15) is 11.5 Å². The molecule has 0 radical (unpaired) electrons. The Labute approximate surface area is 120 Å².